The van der Waals surface area contributed by atoms with Gasteiger partial charge in [-0.15, -0.1) is 11.3 Å². The molecule has 1 saturated heterocycles. The maximum Gasteiger partial charge on any atom is 0.248 e. The highest BCUT2D eigenvalue weighted by Gasteiger charge is 2.33. The molecule has 3 aromatic rings. The van der Waals surface area contributed by atoms with Crippen LogP contribution in [0.1, 0.15) is 74.2 Å². The summed E-state index contributed by atoms with van der Waals surface area (Å²) >= 11 is 1.43. The van der Waals surface area contributed by atoms with Crippen molar-refractivity contribution in [3.8, 4) is 0 Å². The van der Waals surface area contributed by atoms with Crippen LogP contribution >= 0.6 is 11.3 Å². The Kier molecular flexibility index (Phi) is 5.90. The average molecular weight is 479 g/mol. The van der Waals surface area contributed by atoms with Gasteiger partial charge in [0.05, 0.1) is 5.69 Å². The van der Waals surface area contributed by atoms with Gasteiger partial charge in [0.1, 0.15) is 11.9 Å². The third kappa shape index (κ3) is 4.26. The predicted octanol–water partition coefficient (Wildman–Crippen LogP) is 4.54. The molecule has 10 heteroatoms. The summed E-state index contributed by atoms with van der Waals surface area (Å²) in [5.74, 6) is 2.81. The van der Waals surface area contributed by atoms with Crippen molar-refractivity contribution in [3.05, 3.63) is 34.6 Å². The van der Waals surface area contributed by atoms with E-state index in [1.165, 1.54) is 48.3 Å². The minimum atomic E-state index is -0.302. The number of aryl methyl sites for hydroxylation is 1. The van der Waals surface area contributed by atoms with Crippen LogP contribution in [0, 0.1) is 0 Å². The second-order valence-corrected chi connectivity index (χ2v) is 10.4. The molecule has 1 amide bonds. The van der Waals surface area contributed by atoms with E-state index in [1.54, 1.807) is 6.20 Å². The van der Waals surface area contributed by atoms with Gasteiger partial charge in [-0.25, -0.2) is 9.97 Å². The van der Waals surface area contributed by atoms with Gasteiger partial charge in [-0.2, -0.15) is 10.1 Å². The SMILES string of the molecule is O=C(Nc1nccs1)C1CCCCN1c1nc2c(c(Nc3cc(C4CCCC4)[nH]n3)n1)CCC2. The molecule has 1 aliphatic heterocycles. The largest absolute Gasteiger partial charge is 0.329 e. The monoisotopic (exact) mass is 478 g/mol. The summed E-state index contributed by atoms with van der Waals surface area (Å²) in [6.07, 6.45) is 12.5. The fourth-order valence-electron chi connectivity index (χ4n) is 5.54. The number of carbonyl (C=O) groups is 1. The quantitative estimate of drug-likeness (QED) is 0.477. The number of H-pyrrole nitrogens is 1. The number of hydrogen-bond donors (Lipinski definition) is 3. The lowest BCUT2D eigenvalue weighted by molar-refractivity contribution is -0.117. The molecule has 3 aromatic heterocycles. The molecule has 0 aromatic carbocycles. The van der Waals surface area contributed by atoms with E-state index < -0.39 is 0 Å². The molecule has 0 spiro atoms. The van der Waals surface area contributed by atoms with E-state index in [-0.39, 0.29) is 11.9 Å². The van der Waals surface area contributed by atoms with Gasteiger partial charge in [0.15, 0.2) is 10.9 Å². The van der Waals surface area contributed by atoms with Crippen LogP contribution in [0.2, 0.25) is 0 Å². The fourth-order valence-corrected chi connectivity index (χ4v) is 6.07. The van der Waals surface area contributed by atoms with Crippen molar-refractivity contribution in [3.63, 3.8) is 0 Å². The lowest BCUT2D eigenvalue weighted by atomic mass is 10.0. The highest BCUT2D eigenvalue weighted by molar-refractivity contribution is 7.13. The van der Waals surface area contributed by atoms with Crippen molar-refractivity contribution in [1.82, 2.24) is 25.1 Å². The predicted molar refractivity (Wildman–Crippen MR) is 133 cm³/mol. The van der Waals surface area contributed by atoms with Crippen LogP contribution in [0.4, 0.5) is 22.7 Å². The van der Waals surface area contributed by atoms with Crippen LogP contribution in [0.5, 0.6) is 0 Å². The third-order valence-corrected chi connectivity index (χ3v) is 7.97. The second kappa shape index (κ2) is 9.32. The summed E-state index contributed by atoms with van der Waals surface area (Å²) in [5, 5.41) is 16.7. The lowest BCUT2D eigenvalue weighted by Gasteiger charge is -2.35. The number of carbonyl (C=O) groups excluding carboxylic acids is 1. The molecule has 6 rings (SSSR count). The molecule has 1 saturated carbocycles. The first-order chi connectivity index (χ1) is 16.7. The summed E-state index contributed by atoms with van der Waals surface area (Å²) in [5.41, 5.74) is 3.47. The highest BCUT2D eigenvalue weighted by atomic mass is 32.1. The molecule has 178 valence electrons. The fraction of sp³-hybridized carbons (Fsp3) is 0.542. The topological polar surface area (TPSA) is 112 Å². The average Bonchev–Trinajstić information content (AvgIpc) is 3.66. The van der Waals surface area contributed by atoms with Gasteiger partial charge in [0, 0.05) is 41.4 Å². The number of rotatable bonds is 6. The molecule has 4 heterocycles. The van der Waals surface area contributed by atoms with Crippen molar-refractivity contribution < 1.29 is 4.79 Å². The van der Waals surface area contributed by atoms with E-state index in [0.717, 1.165) is 62.4 Å². The Labute approximate surface area is 202 Å². The number of aromatic nitrogens is 5. The maximum atomic E-state index is 13.1. The van der Waals surface area contributed by atoms with Crippen LogP contribution in [-0.2, 0) is 17.6 Å². The number of amides is 1. The Morgan fingerprint density at radius 2 is 1.97 bits per heavy atom. The number of nitrogens with zero attached hydrogens (tertiary/aromatic N) is 5. The number of anilines is 4. The zero-order valence-electron chi connectivity index (χ0n) is 19.2. The van der Waals surface area contributed by atoms with E-state index in [9.17, 15) is 4.79 Å². The van der Waals surface area contributed by atoms with E-state index >= 15 is 0 Å². The first-order valence-corrected chi connectivity index (χ1v) is 13.3. The Morgan fingerprint density at radius 1 is 1.09 bits per heavy atom. The molecular formula is C24H30N8OS. The van der Waals surface area contributed by atoms with E-state index in [4.69, 9.17) is 9.97 Å². The molecule has 34 heavy (non-hydrogen) atoms. The van der Waals surface area contributed by atoms with Gasteiger partial charge >= 0.3 is 0 Å². The number of nitrogens with one attached hydrogen (secondary N) is 3. The summed E-state index contributed by atoms with van der Waals surface area (Å²) in [4.78, 5) is 29.3. The Morgan fingerprint density at radius 3 is 2.82 bits per heavy atom. The molecule has 0 bridgehead atoms. The zero-order valence-corrected chi connectivity index (χ0v) is 20.0. The minimum Gasteiger partial charge on any atom is -0.329 e. The molecule has 2 fully saturated rings. The van der Waals surface area contributed by atoms with Gasteiger partial charge in [-0.3, -0.25) is 9.89 Å². The Hall–Kier alpha value is -3.01. The summed E-state index contributed by atoms with van der Waals surface area (Å²) in [6, 6.07) is 1.83. The number of aromatic amines is 1. The lowest BCUT2D eigenvalue weighted by Crippen LogP contribution is -2.48. The zero-order chi connectivity index (χ0) is 22.9. The van der Waals surface area contributed by atoms with Gasteiger partial charge in [-0.1, -0.05) is 12.8 Å². The van der Waals surface area contributed by atoms with Crippen LogP contribution in [0.3, 0.4) is 0 Å². The number of hydrogen-bond acceptors (Lipinski definition) is 8. The summed E-state index contributed by atoms with van der Waals surface area (Å²) < 4.78 is 0. The van der Waals surface area contributed by atoms with Crippen molar-refractivity contribution >= 4 is 40.0 Å². The van der Waals surface area contributed by atoms with E-state index in [0.29, 0.717) is 17.0 Å². The number of piperidine rings is 1. The normalized spacial score (nSPS) is 20.5. The molecule has 3 aliphatic rings. The van der Waals surface area contributed by atoms with E-state index in [2.05, 4.69) is 36.8 Å². The van der Waals surface area contributed by atoms with Crippen molar-refractivity contribution in [2.24, 2.45) is 0 Å². The van der Waals surface area contributed by atoms with Crippen molar-refractivity contribution in [2.45, 2.75) is 76.2 Å². The van der Waals surface area contributed by atoms with E-state index in [1.807, 2.05) is 5.38 Å². The Bertz CT molecular complexity index is 1150. The van der Waals surface area contributed by atoms with Crippen molar-refractivity contribution in [1.29, 1.82) is 0 Å². The number of fused-ring (bicyclic) bond motifs is 1. The molecule has 1 unspecified atom stereocenters. The first-order valence-electron chi connectivity index (χ1n) is 12.4. The molecule has 9 nitrogen and oxygen atoms in total. The van der Waals surface area contributed by atoms with Crippen LogP contribution in [0.25, 0.3) is 0 Å². The third-order valence-electron chi connectivity index (χ3n) is 7.29. The molecule has 1 atom stereocenters. The first kappa shape index (κ1) is 21.5. The summed E-state index contributed by atoms with van der Waals surface area (Å²) in [6.45, 7) is 0.766. The standard InChI is InChI=1S/C24H30N8OS/c33-22(29-24-25-11-13-34-24)19-10-3-4-12-32(19)23-26-17-9-5-8-16(17)21(28-23)27-20-14-18(30-31-20)15-6-1-2-7-15/h11,13-15,19H,1-10,12H2,(H,25,29,33)(H2,26,27,28,30,31). The van der Waals surface area contributed by atoms with Crippen LogP contribution in [-0.4, -0.2) is 43.6 Å². The minimum absolute atomic E-state index is 0.0400. The molecule has 2 aliphatic carbocycles. The smallest absolute Gasteiger partial charge is 0.248 e. The maximum absolute atomic E-state index is 13.1. The number of thiazole rings is 1. The van der Waals surface area contributed by atoms with Crippen LogP contribution < -0.4 is 15.5 Å². The molecule has 3 N–H and O–H groups in total. The molecular weight excluding hydrogens is 448 g/mol. The van der Waals surface area contributed by atoms with Gasteiger partial charge < -0.3 is 15.5 Å². The van der Waals surface area contributed by atoms with Gasteiger partial charge in [0.2, 0.25) is 11.9 Å². The summed E-state index contributed by atoms with van der Waals surface area (Å²) in [7, 11) is 0. The Balaban J connectivity index is 1.27. The van der Waals surface area contributed by atoms with Crippen LogP contribution in [0.15, 0.2) is 17.6 Å². The van der Waals surface area contributed by atoms with Gasteiger partial charge in [0.25, 0.3) is 0 Å². The second-order valence-electron chi connectivity index (χ2n) is 9.50. The highest BCUT2D eigenvalue weighted by Crippen LogP contribution is 2.35. The molecule has 0 radical (unpaired) electrons. The van der Waals surface area contributed by atoms with Gasteiger partial charge in [-0.05, 0) is 51.4 Å². The van der Waals surface area contributed by atoms with Crippen molar-refractivity contribution in [2.75, 3.05) is 22.1 Å².